The van der Waals surface area contributed by atoms with E-state index in [1.165, 1.54) is 5.75 Å². The van der Waals surface area contributed by atoms with Crippen molar-refractivity contribution in [3.63, 3.8) is 0 Å². The quantitative estimate of drug-likeness (QED) is 0.824. The zero-order chi connectivity index (χ0) is 11.6. The van der Waals surface area contributed by atoms with E-state index in [-0.39, 0.29) is 0 Å². The molecule has 0 amide bonds. The van der Waals surface area contributed by atoms with Crippen LogP contribution in [-0.4, -0.2) is 36.2 Å². The van der Waals surface area contributed by atoms with Crippen LogP contribution in [0.5, 0.6) is 0 Å². The lowest BCUT2D eigenvalue weighted by atomic mass is 9.89. The molecule has 1 fully saturated rings. The van der Waals surface area contributed by atoms with E-state index in [0.717, 1.165) is 31.2 Å². The molecule has 0 spiro atoms. The molecule has 1 aliphatic carbocycles. The van der Waals surface area contributed by atoms with Gasteiger partial charge < -0.3 is 10.1 Å². The third kappa shape index (κ3) is 3.14. The summed E-state index contributed by atoms with van der Waals surface area (Å²) in [6.45, 7) is 8.39. The number of hydrogen-bond acceptors (Lipinski definition) is 4. The van der Waals surface area contributed by atoms with Crippen LogP contribution in [0.25, 0.3) is 0 Å². The van der Waals surface area contributed by atoms with Crippen LogP contribution in [0, 0.1) is 5.41 Å². The standard InChI is InChI=1S/C12H22N2OS/c1-4-15-10-5-9(6-10)14-11-13-7-12(2,3)8-16-11/h9-10H,4-8H2,1-3H3,(H,13,14). The minimum absolute atomic E-state index is 0.364. The summed E-state index contributed by atoms with van der Waals surface area (Å²) in [4.78, 5) is 4.60. The molecule has 0 radical (unpaired) electrons. The monoisotopic (exact) mass is 242 g/mol. The average molecular weight is 242 g/mol. The van der Waals surface area contributed by atoms with Gasteiger partial charge in [-0.1, -0.05) is 25.6 Å². The third-order valence-electron chi connectivity index (χ3n) is 3.08. The van der Waals surface area contributed by atoms with Crippen LogP contribution in [0.3, 0.4) is 0 Å². The first-order valence-corrected chi connectivity index (χ1v) is 7.13. The van der Waals surface area contributed by atoms with Crippen molar-refractivity contribution >= 4 is 16.9 Å². The molecule has 2 rings (SSSR count). The summed E-state index contributed by atoms with van der Waals surface area (Å²) in [5, 5.41) is 4.65. The first-order valence-electron chi connectivity index (χ1n) is 6.14. The average Bonchev–Trinajstić information content (AvgIpc) is 2.17. The smallest absolute Gasteiger partial charge is 0.156 e. The lowest BCUT2D eigenvalue weighted by molar-refractivity contribution is -0.00545. The number of nitrogens with one attached hydrogen (secondary N) is 1. The highest BCUT2D eigenvalue weighted by Crippen LogP contribution is 2.29. The van der Waals surface area contributed by atoms with Gasteiger partial charge in [-0.2, -0.15) is 0 Å². The minimum atomic E-state index is 0.364. The Bertz CT molecular complexity index is 272. The molecule has 3 nitrogen and oxygen atoms in total. The number of ether oxygens (including phenoxy) is 1. The van der Waals surface area contributed by atoms with Gasteiger partial charge in [0.2, 0.25) is 0 Å². The van der Waals surface area contributed by atoms with Crippen molar-refractivity contribution in [3.8, 4) is 0 Å². The first kappa shape index (κ1) is 12.2. The van der Waals surface area contributed by atoms with Gasteiger partial charge in [-0.15, -0.1) is 0 Å². The second kappa shape index (κ2) is 4.96. The van der Waals surface area contributed by atoms with Crippen LogP contribution in [0.2, 0.25) is 0 Å². The molecule has 1 heterocycles. The second-order valence-electron chi connectivity index (χ2n) is 5.46. The van der Waals surface area contributed by atoms with Crippen LogP contribution in [0.1, 0.15) is 33.6 Å². The van der Waals surface area contributed by atoms with Crippen molar-refractivity contribution < 1.29 is 4.74 Å². The van der Waals surface area contributed by atoms with Gasteiger partial charge >= 0.3 is 0 Å². The van der Waals surface area contributed by atoms with Gasteiger partial charge in [0, 0.05) is 24.9 Å². The van der Waals surface area contributed by atoms with E-state index in [4.69, 9.17) is 4.74 Å². The van der Waals surface area contributed by atoms with Crippen molar-refractivity contribution in [1.82, 2.24) is 5.32 Å². The predicted octanol–water partition coefficient (Wildman–Crippen LogP) is 2.27. The third-order valence-corrected chi connectivity index (χ3v) is 4.52. The zero-order valence-corrected chi connectivity index (χ0v) is 11.3. The van der Waals surface area contributed by atoms with Gasteiger partial charge in [-0.3, -0.25) is 4.99 Å². The maximum atomic E-state index is 5.54. The Morgan fingerprint density at radius 1 is 1.50 bits per heavy atom. The number of hydrogen-bond donors (Lipinski definition) is 1. The maximum Gasteiger partial charge on any atom is 0.156 e. The molecule has 16 heavy (non-hydrogen) atoms. The van der Waals surface area contributed by atoms with E-state index in [0.29, 0.717) is 17.6 Å². The van der Waals surface area contributed by atoms with E-state index in [9.17, 15) is 0 Å². The fraction of sp³-hybridized carbons (Fsp3) is 0.917. The number of rotatable bonds is 3. The van der Waals surface area contributed by atoms with Crippen LogP contribution in [0.4, 0.5) is 0 Å². The Balaban J connectivity index is 1.70. The summed E-state index contributed by atoms with van der Waals surface area (Å²) in [6.07, 6.45) is 2.75. The molecule has 2 aliphatic rings. The molecule has 0 aromatic carbocycles. The molecule has 0 aromatic rings. The van der Waals surface area contributed by atoms with E-state index in [1.54, 1.807) is 0 Å². The number of aliphatic imine (C=N–C) groups is 1. The van der Waals surface area contributed by atoms with Crippen molar-refractivity contribution in [3.05, 3.63) is 0 Å². The summed E-state index contributed by atoms with van der Waals surface area (Å²) >= 11 is 1.86. The van der Waals surface area contributed by atoms with Gasteiger partial charge in [0.1, 0.15) is 0 Å². The molecule has 0 aromatic heterocycles. The van der Waals surface area contributed by atoms with Gasteiger partial charge in [0.25, 0.3) is 0 Å². The molecule has 1 aliphatic heterocycles. The largest absolute Gasteiger partial charge is 0.378 e. The van der Waals surface area contributed by atoms with Crippen LogP contribution in [-0.2, 0) is 4.74 Å². The molecule has 0 saturated heterocycles. The molecule has 1 N–H and O–H groups in total. The van der Waals surface area contributed by atoms with Crippen LogP contribution >= 0.6 is 11.8 Å². The number of amidine groups is 1. The lowest BCUT2D eigenvalue weighted by Crippen LogP contribution is -2.48. The molecule has 92 valence electrons. The van der Waals surface area contributed by atoms with Gasteiger partial charge in [0.05, 0.1) is 6.10 Å². The Morgan fingerprint density at radius 3 is 2.81 bits per heavy atom. The Kier molecular flexibility index (Phi) is 3.80. The molecule has 0 unspecified atom stereocenters. The zero-order valence-electron chi connectivity index (χ0n) is 10.5. The Labute approximate surface area is 102 Å². The van der Waals surface area contributed by atoms with Gasteiger partial charge in [-0.25, -0.2) is 0 Å². The van der Waals surface area contributed by atoms with Crippen molar-refractivity contribution in [2.45, 2.75) is 45.8 Å². The molecule has 4 heteroatoms. The Hall–Kier alpha value is -0.220. The maximum absolute atomic E-state index is 5.54. The normalized spacial score (nSPS) is 32.8. The molecule has 0 atom stereocenters. The summed E-state index contributed by atoms with van der Waals surface area (Å²) in [6, 6.07) is 0.587. The second-order valence-corrected chi connectivity index (χ2v) is 6.43. The summed E-state index contributed by atoms with van der Waals surface area (Å²) in [5.41, 5.74) is 0.364. The van der Waals surface area contributed by atoms with Crippen molar-refractivity contribution in [2.24, 2.45) is 10.4 Å². The van der Waals surface area contributed by atoms with Crippen LogP contribution in [0.15, 0.2) is 4.99 Å². The highest BCUT2D eigenvalue weighted by molar-refractivity contribution is 8.13. The predicted molar refractivity (Wildman–Crippen MR) is 70.1 cm³/mol. The molecular formula is C12H22N2OS. The Morgan fingerprint density at radius 2 is 2.25 bits per heavy atom. The lowest BCUT2D eigenvalue weighted by Gasteiger charge is -2.37. The van der Waals surface area contributed by atoms with Crippen molar-refractivity contribution in [1.29, 1.82) is 0 Å². The SMILES string of the molecule is CCOC1CC(NC2=NCC(C)(C)CS2)C1. The topological polar surface area (TPSA) is 33.6 Å². The fourth-order valence-electron chi connectivity index (χ4n) is 1.96. The van der Waals surface area contributed by atoms with E-state index in [1.807, 2.05) is 11.8 Å². The van der Waals surface area contributed by atoms with Crippen LogP contribution < -0.4 is 5.32 Å². The molecular weight excluding hydrogens is 220 g/mol. The fourth-order valence-corrected chi connectivity index (χ4v) is 2.98. The van der Waals surface area contributed by atoms with Gasteiger partial charge in [-0.05, 0) is 25.2 Å². The van der Waals surface area contributed by atoms with E-state index >= 15 is 0 Å². The number of thioether (sulfide) groups is 1. The van der Waals surface area contributed by atoms with E-state index < -0.39 is 0 Å². The molecule has 0 bridgehead atoms. The number of nitrogens with zero attached hydrogens (tertiary/aromatic N) is 1. The summed E-state index contributed by atoms with van der Waals surface area (Å²) in [7, 11) is 0. The summed E-state index contributed by atoms with van der Waals surface area (Å²) in [5.74, 6) is 1.17. The highest BCUT2D eigenvalue weighted by atomic mass is 32.2. The van der Waals surface area contributed by atoms with E-state index in [2.05, 4.69) is 31.1 Å². The van der Waals surface area contributed by atoms with Crippen molar-refractivity contribution in [2.75, 3.05) is 18.9 Å². The molecule has 1 saturated carbocycles. The minimum Gasteiger partial charge on any atom is -0.378 e. The van der Waals surface area contributed by atoms with Gasteiger partial charge in [0.15, 0.2) is 5.17 Å². The first-order chi connectivity index (χ1) is 7.59. The summed E-state index contributed by atoms with van der Waals surface area (Å²) < 4.78 is 5.54. The highest BCUT2D eigenvalue weighted by Gasteiger charge is 2.31.